The molecule has 0 bridgehead atoms. The van der Waals surface area contributed by atoms with Gasteiger partial charge in [-0.05, 0) is 0 Å². The topological polar surface area (TPSA) is 26.3 Å². The molecule has 0 heterocycles. The fourth-order valence-electron chi connectivity index (χ4n) is 1.95. The molecule has 1 aliphatic carbocycles. The van der Waals surface area contributed by atoms with Crippen molar-refractivity contribution in [2.45, 2.75) is 20.0 Å². The summed E-state index contributed by atoms with van der Waals surface area (Å²) in [6, 6.07) is 9.25. The lowest BCUT2D eigenvalue weighted by Gasteiger charge is -2.31. The van der Waals surface area contributed by atoms with Crippen LogP contribution >= 0.6 is 0 Å². The lowest BCUT2D eigenvalue weighted by atomic mass is 9.83. The third-order valence-corrected chi connectivity index (χ3v) is 3.15. The third-order valence-electron chi connectivity index (χ3n) is 3.15. The second-order valence-electron chi connectivity index (χ2n) is 5.09. The van der Waals surface area contributed by atoms with Gasteiger partial charge in [0.05, 0.1) is 6.10 Å². The second kappa shape index (κ2) is 5.32. The Morgan fingerprint density at radius 2 is 1.94 bits per heavy atom. The molecule has 18 heavy (non-hydrogen) atoms. The SMILES string of the molecule is CC1(C)C=CC=CC1OCC(=O)c1ccccc1. The lowest BCUT2D eigenvalue weighted by Crippen LogP contribution is -2.31. The van der Waals surface area contributed by atoms with Crippen LogP contribution in [0.2, 0.25) is 0 Å². The van der Waals surface area contributed by atoms with E-state index in [9.17, 15) is 4.79 Å². The van der Waals surface area contributed by atoms with Gasteiger partial charge in [-0.1, -0.05) is 68.5 Å². The predicted molar refractivity (Wildman–Crippen MR) is 72.6 cm³/mol. The van der Waals surface area contributed by atoms with Gasteiger partial charge in [0, 0.05) is 11.0 Å². The maximum Gasteiger partial charge on any atom is 0.188 e. The summed E-state index contributed by atoms with van der Waals surface area (Å²) >= 11 is 0. The van der Waals surface area contributed by atoms with Crippen molar-refractivity contribution in [2.75, 3.05) is 6.61 Å². The van der Waals surface area contributed by atoms with Crippen LogP contribution in [-0.4, -0.2) is 18.5 Å². The monoisotopic (exact) mass is 242 g/mol. The number of carbonyl (C=O) groups is 1. The Morgan fingerprint density at radius 3 is 2.61 bits per heavy atom. The van der Waals surface area contributed by atoms with Gasteiger partial charge >= 0.3 is 0 Å². The number of hydrogen-bond acceptors (Lipinski definition) is 2. The number of allylic oxidation sites excluding steroid dienone is 2. The van der Waals surface area contributed by atoms with Gasteiger partial charge in [0.2, 0.25) is 0 Å². The molecule has 94 valence electrons. The van der Waals surface area contributed by atoms with Crippen LogP contribution in [0.15, 0.2) is 54.6 Å². The van der Waals surface area contributed by atoms with Gasteiger partial charge in [-0.3, -0.25) is 4.79 Å². The molecule has 0 fully saturated rings. The fourth-order valence-corrected chi connectivity index (χ4v) is 1.95. The first-order valence-electron chi connectivity index (χ1n) is 6.15. The van der Waals surface area contributed by atoms with Crippen LogP contribution < -0.4 is 0 Å². The fraction of sp³-hybridized carbons (Fsp3) is 0.312. The number of hydrogen-bond donors (Lipinski definition) is 0. The molecule has 1 aromatic carbocycles. The number of benzene rings is 1. The van der Waals surface area contributed by atoms with Crippen molar-refractivity contribution in [1.29, 1.82) is 0 Å². The Hall–Kier alpha value is -1.67. The molecule has 0 saturated heterocycles. The zero-order chi connectivity index (χ0) is 13.0. The van der Waals surface area contributed by atoms with E-state index in [4.69, 9.17) is 4.74 Å². The number of carbonyl (C=O) groups excluding carboxylic acids is 1. The second-order valence-corrected chi connectivity index (χ2v) is 5.09. The van der Waals surface area contributed by atoms with Crippen LogP contribution in [-0.2, 0) is 4.74 Å². The van der Waals surface area contributed by atoms with Crippen LogP contribution in [0.25, 0.3) is 0 Å². The van der Waals surface area contributed by atoms with Gasteiger partial charge in [-0.15, -0.1) is 0 Å². The van der Waals surface area contributed by atoms with E-state index < -0.39 is 0 Å². The molecule has 1 aromatic rings. The average Bonchev–Trinajstić information content (AvgIpc) is 2.38. The minimum atomic E-state index is -0.0638. The van der Waals surface area contributed by atoms with E-state index in [0.29, 0.717) is 5.56 Å². The zero-order valence-electron chi connectivity index (χ0n) is 10.8. The van der Waals surface area contributed by atoms with Crippen molar-refractivity contribution in [3.05, 3.63) is 60.2 Å². The van der Waals surface area contributed by atoms with Gasteiger partial charge in [-0.2, -0.15) is 0 Å². The molecule has 2 rings (SSSR count). The molecule has 0 saturated carbocycles. The van der Waals surface area contributed by atoms with E-state index >= 15 is 0 Å². The van der Waals surface area contributed by atoms with E-state index in [1.807, 2.05) is 48.6 Å². The Bertz CT molecular complexity index is 469. The van der Waals surface area contributed by atoms with Crippen molar-refractivity contribution in [2.24, 2.45) is 5.41 Å². The first-order chi connectivity index (χ1) is 8.59. The maximum absolute atomic E-state index is 11.9. The van der Waals surface area contributed by atoms with Crippen molar-refractivity contribution in [3.8, 4) is 0 Å². The van der Waals surface area contributed by atoms with Gasteiger partial charge in [-0.25, -0.2) is 0 Å². The normalized spacial score (nSPS) is 20.9. The Morgan fingerprint density at radius 1 is 1.22 bits per heavy atom. The molecule has 1 unspecified atom stereocenters. The molecule has 2 nitrogen and oxygen atoms in total. The van der Waals surface area contributed by atoms with Gasteiger partial charge in [0.1, 0.15) is 6.61 Å². The highest BCUT2D eigenvalue weighted by atomic mass is 16.5. The third kappa shape index (κ3) is 2.96. The molecule has 2 heteroatoms. The predicted octanol–water partition coefficient (Wildman–Crippen LogP) is 3.41. The lowest BCUT2D eigenvalue weighted by molar-refractivity contribution is 0.0269. The Labute approximate surface area is 108 Å². The van der Waals surface area contributed by atoms with Crippen LogP contribution in [0.4, 0.5) is 0 Å². The minimum absolute atomic E-state index is 0.0225. The number of ketones is 1. The van der Waals surface area contributed by atoms with Crippen molar-refractivity contribution in [1.82, 2.24) is 0 Å². The van der Waals surface area contributed by atoms with Crippen molar-refractivity contribution in [3.63, 3.8) is 0 Å². The quantitative estimate of drug-likeness (QED) is 0.756. The molecule has 1 aliphatic rings. The first kappa shape index (κ1) is 12.8. The van der Waals surface area contributed by atoms with Crippen LogP contribution in [0, 0.1) is 5.41 Å². The molecule has 0 aromatic heterocycles. The molecular weight excluding hydrogens is 224 g/mol. The zero-order valence-corrected chi connectivity index (χ0v) is 10.8. The van der Waals surface area contributed by atoms with E-state index in [-0.39, 0.29) is 23.9 Å². The van der Waals surface area contributed by atoms with Gasteiger partial charge < -0.3 is 4.74 Å². The molecule has 0 spiro atoms. The first-order valence-corrected chi connectivity index (χ1v) is 6.15. The average molecular weight is 242 g/mol. The summed E-state index contributed by atoms with van der Waals surface area (Å²) < 4.78 is 5.73. The molecule has 0 aliphatic heterocycles. The highest BCUT2D eigenvalue weighted by molar-refractivity contribution is 5.97. The number of Topliss-reactive ketones (excluding diaryl/α,β-unsaturated/α-hetero) is 1. The summed E-state index contributed by atoms with van der Waals surface area (Å²) in [7, 11) is 0. The van der Waals surface area contributed by atoms with Gasteiger partial charge in [0.15, 0.2) is 5.78 Å². The largest absolute Gasteiger partial charge is 0.365 e. The van der Waals surface area contributed by atoms with Crippen molar-refractivity contribution >= 4 is 5.78 Å². The molecule has 1 atom stereocenters. The summed E-state index contributed by atoms with van der Waals surface area (Å²) in [6.07, 6.45) is 8.03. The number of ether oxygens (including phenoxy) is 1. The van der Waals surface area contributed by atoms with Gasteiger partial charge in [0.25, 0.3) is 0 Å². The summed E-state index contributed by atoms with van der Waals surface area (Å²) in [5.41, 5.74) is 0.636. The standard InChI is InChI=1S/C16H18O2/c1-16(2)11-7-6-10-15(16)18-12-14(17)13-8-4-3-5-9-13/h3-11,15H,12H2,1-2H3. The highest BCUT2D eigenvalue weighted by Crippen LogP contribution is 2.29. The minimum Gasteiger partial charge on any atom is -0.365 e. The Balaban J connectivity index is 1.95. The molecular formula is C16H18O2. The molecule has 0 amide bonds. The Kier molecular flexibility index (Phi) is 3.78. The van der Waals surface area contributed by atoms with E-state index in [2.05, 4.69) is 19.9 Å². The van der Waals surface area contributed by atoms with Crippen LogP contribution in [0.1, 0.15) is 24.2 Å². The summed E-state index contributed by atoms with van der Waals surface area (Å²) in [5, 5.41) is 0. The van der Waals surface area contributed by atoms with E-state index in [1.165, 1.54) is 0 Å². The summed E-state index contributed by atoms with van der Waals surface area (Å²) in [5.74, 6) is 0.0225. The summed E-state index contributed by atoms with van der Waals surface area (Å²) in [6.45, 7) is 4.33. The number of rotatable bonds is 4. The smallest absolute Gasteiger partial charge is 0.188 e. The van der Waals surface area contributed by atoms with E-state index in [1.54, 1.807) is 0 Å². The molecule has 0 N–H and O–H groups in total. The van der Waals surface area contributed by atoms with E-state index in [0.717, 1.165) is 0 Å². The maximum atomic E-state index is 11.9. The highest BCUT2D eigenvalue weighted by Gasteiger charge is 2.27. The summed E-state index contributed by atoms with van der Waals surface area (Å²) in [4.78, 5) is 11.9. The van der Waals surface area contributed by atoms with Crippen molar-refractivity contribution < 1.29 is 9.53 Å². The molecule has 0 radical (unpaired) electrons. The van der Waals surface area contributed by atoms with Crippen LogP contribution in [0.5, 0.6) is 0 Å². The van der Waals surface area contributed by atoms with Crippen LogP contribution in [0.3, 0.4) is 0 Å².